The van der Waals surface area contributed by atoms with E-state index in [4.69, 9.17) is 17.3 Å². The number of likely N-dealkylation sites (N-methyl/N-ethyl adjacent to an activating group) is 1. The number of nitrogens with two attached hydrogens (primary N) is 1. The van der Waals surface area contributed by atoms with Crippen molar-refractivity contribution in [3.8, 4) is 0 Å². The molecule has 0 aromatic heterocycles. The Morgan fingerprint density at radius 3 is 3.00 bits per heavy atom. The minimum Gasteiger partial charge on any atom is -0.323 e. The summed E-state index contributed by atoms with van der Waals surface area (Å²) >= 11 is 5.77. The average molecular weight is 258 g/mol. The fraction of sp³-hybridized carbons (Fsp3) is 0.500. The minimum absolute atomic E-state index is 0.129. The zero-order valence-corrected chi connectivity index (χ0v) is 10.5. The molecule has 1 aliphatic rings. The summed E-state index contributed by atoms with van der Waals surface area (Å²) in [6, 6.07) is 4.74. The molecule has 1 saturated heterocycles. The molecule has 0 spiro atoms. The Morgan fingerprint density at radius 2 is 2.35 bits per heavy atom. The first kappa shape index (κ1) is 12.8. The van der Waals surface area contributed by atoms with E-state index < -0.39 is 5.82 Å². The number of halogens is 2. The molecule has 1 aromatic carbocycles. The zero-order chi connectivity index (χ0) is 12.4. The molecule has 1 fully saturated rings. The van der Waals surface area contributed by atoms with Crippen molar-refractivity contribution in [2.75, 3.05) is 26.7 Å². The second-order valence-corrected chi connectivity index (χ2v) is 4.86. The van der Waals surface area contributed by atoms with E-state index in [0.29, 0.717) is 0 Å². The summed E-state index contributed by atoms with van der Waals surface area (Å²) in [5.74, 6) is -0.405. The lowest BCUT2D eigenvalue weighted by molar-refractivity contribution is 0.174. The summed E-state index contributed by atoms with van der Waals surface area (Å²) in [4.78, 5) is 2.22. The summed E-state index contributed by atoms with van der Waals surface area (Å²) < 4.78 is 13.1. The van der Waals surface area contributed by atoms with E-state index in [-0.39, 0.29) is 17.1 Å². The fourth-order valence-corrected chi connectivity index (χ4v) is 2.36. The van der Waals surface area contributed by atoms with Crippen molar-refractivity contribution in [1.82, 2.24) is 10.2 Å². The lowest BCUT2D eigenvalue weighted by Gasteiger charge is -2.37. The Labute approximate surface area is 106 Å². The van der Waals surface area contributed by atoms with Crippen molar-refractivity contribution in [3.63, 3.8) is 0 Å². The molecule has 3 N–H and O–H groups in total. The largest absolute Gasteiger partial charge is 0.323 e. The number of nitrogens with zero attached hydrogens (tertiary/aromatic N) is 1. The first-order valence-electron chi connectivity index (χ1n) is 5.71. The van der Waals surface area contributed by atoms with Crippen molar-refractivity contribution < 1.29 is 4.39 Å². The van der Waals surface area contributed by atoms with Gasteiger partial charge in [0.25, 0.3) is 0 Å². The Bertz CT molecular complexity index is 399. The molecular weight excluding hydrogens is 241 g/mol. The molecule has 0 saturated carbocycles. The van der Waals surface area contributed by atoms with E-state index in [9.17, 15) is 4.39 Å². The van der Waals surface area contributed by atoms with Crippen LogP contribution in [0, 0.1) is 5.82 Å². The summed E-state index contributed by atoms with van der Waals surface area (Å²) in [5, 5.41) is 3.44. The molecule has 17 heavy (non-hydrogen) atoms. The number of piperazine rings is 1. The molecule has 0 radical (unpaired) electrons. The third-order valence-corrected chi connectivity index (χ3v) is 3.59. The number of rotatable bonds is 2. The molecule has 1 aliphatic heterocycles. The van der Waals surface area contributed by atoms with Crippen LogP contribution >= 0.6 is 11.6 Å². The number of benzene rings is 1. The highest BCUT2D eigenvalue weighted by Crippen LogP contribution is 2.23. The lowest BCUT2D eigenvalue weighted by Crippen LogP contribution is -2.53. The smallest absolute Gasteiger partial charge is 0.141 e. The van der Waals surface area contributed by atoms with Gasteiger partial charge in [-0.05, 0) is 24.7 Å². The molecule has 1 aromatic rings. The highest BCUT2D eigenvalue weighted by Gasteiger charge is 2.26. The monoisotopic (exact) mass is 257 g/mol. The van der Waals surface area contributed by atoms with Crippen molar-refractivity contribution in [2.45, 2.75) is 12.1 Å². The minimum atomic E-state index is -0.405. The molecule has 5 heteroatoms. The van der Waals surface area contributed by atoms with E-state index >= 15 is 0 Å². The van der Waals surface area contributed by atoms with Gasteiger partial charge in [0.2, 0.25) is 0 Å². The Morgan fingerprint density at radius 1 is 1.59 bits per heavy atom. The van der Waals surface area contributed by atoms with E-state index in [1.165, 1.54) is 6.07 Å². The van der Waals surface area contributed by atoms with Crippen molar-refractivity contribution in [1.29, 1.82) is 0 Å². The molecule has 2 atom stereocenters. The molecule has 3 nitrogen and oxygen atoms in total. The van der Waals surface area contributed by atoms with Gasteiger partial charge >= 0.3 is 0 Å². The summed E-state index contributed by atoms with van der Waals surface area (Å²) in [6.45, 7) is 2.78. The summed E-state index contributed by atoms with van der Waals surface area (Å²) in [7, 11) is 2.05. The Hall–Kier alpha value is -0.680. The highest BCUT2D eigenvalue weighted by molar-refractivity contribution is 6.30. The molecule has 2 unspecified atom stereocenters. The van der Waals surface area contributed by atoms with Crippen LogP contribution < -0.4 is 11.1 Å². The second-order valence-electron chi connectivity index (χ2n) is 4.45. The number of nitrogens with one attached hydrogen (secondary N) is 1. The van der Waals surface area contributed by atoms with Gasteiger partial charge in [-0.3, -0.25) is 4.90 Å². The molecule has 2 rings (SSSR count). The summed E-state index contributed by atoms with van der Waals surface area (Å²) in [6.07, 6.45) is 0. The van der Waals surface area contributed by atoms with Crippen LogP contribution in [0.4, 0.5) is 4.39 Å². The Balaban J connectivity index is 2.17. The van der Waals surface area contributed by atoms with E-state index in [1.807, 2.05) is 0 Å². The molecular formula is C12H17ClFN3. The van der Waals surface area contributed by atoms with Crippen LogP contribution in [0.25, 0.3) is 0 Å². The van der Waals surface area contributed by atoms with Gasteiger partial charge in [-0.2, -0.15) is 0 Å². The van der Waals surface area contributed by atoms with Gasteiger partial charge in [-0.15, -0.1) is 0 Å². The third kappa shape index (κ3) is 2.77. The van der Waals surface area contributed by atoms with Crippen LogP contribution in [0.3, 0.4) is 0 Å². The van der Waals surface area contributed by atoms with Gasteiger partial charge in [0.15, 0.2) is 0 Å². The maximum Gasteiger partial charge on any atom is 0.141 e. The van der Waals surface area contributed by atoms with Crippen LogP contribution in [-0.4, -0.2) is 37.6 Å². The van der Waals surface area contributed by atoms with Gasteiger partial charge in [0.05, 0.1) is 5.02 Å². The van der Waals surface area contributed by atoms with Crippen LogP contribution in [-0.2, 0) is 0 Å². The maximum absolute atomic E-state index is 13.1. The highest BCUT2D eigenvalue weighted by atomic mass is 35.5. The predicted octanol–water partition coefficient (Wildman–Crippen LogP) is 1.38. The molecule has 0 aliphatic carbocycles. The van der Waals surface area contributed by atoms with Gasteiger partial charge in [-0.1, -0.05) is 17.7 Å². The van der Waals surface area contributed by atoms with Crippen LogP contribution in [0.2, 0.25) is 5.02 Å². The van der Waals surface area contributed by atoms with Crippen LogP contribution in [0.15, 0.2) is 18.2 Å². The number of hydrogen-bond donors (Lipinski definition) is 2. The third-order valence-electron chi connectivity index (χ3n) is 3.30. The van der Waals surface area contributed by atoms with Crippen LogP contribution in [0.5, 0.6) is 0 Å². The topological polar surface area (TPSA) is 41.3 Å². The van der Waals surface area contributed by atoms with Gasteiger partial charge in [0, 0.05) is 31.7 Å². The molecule has 1 heterocycles. The first-order valence-corrected chi connectivity index (χ1v) is 6.09. The molecule has 94 valence electrons. The average Bonchev–Trinajstić information content (AvgIpc) is 2.32. The summed E-state index contributed by atoms with van der Waals surface area (Å²) in [5.41, 5.74) is 7.09. The van der Waals surface area contributed by atoms with E-state index in [1.54, 1.807) is 12.1 Å². The lowest BCUT2D eigenvalue weighted by atomic mass is 9.98. The zero-order valence-electron chi connectivity index (χ0n) is 9.79. The Kier molecular flexibility index (Phi) is 3.99. The second kappa shape index (κ2) is 5.31. The van der Waals surface area contributed by atoms with Gasteiger partial charge < -0.3 is 11.1 Å². The van der Waals surface area contributed by atoms with Gasteiger partial charge in [-0.25, -0.2) is 4.39 Å². The van der Waals surface area contributed by atoms with E-state index in [2.05, 4.69) is 17.3 Å². The first-order chi connectivity index (χ1) is 8.09. The maximum atomic E-state index is 13.1. The van der Waals surface area contributed by atoms with E-state index in [0.717, 1.165) is 25.2 Å². The van der Waals surface area contributed by atoms with Crippen molar-refractivity contribution in [2.24, 2.45) is 5.73 Å². The van der Waals surface area contributed by atoms with Crippen molar-refractivity contribution >= 4 is 11.6 Å². The predicted molar refractivity (Wildman–Crippen MR) is 67.6 cm³/mol. The number of hydrogen-bond acceptors (Lipinski definition) is 3. The quantitative estimate of drug-likeness (QED) is 0.841. The molecule has 0 amide bonds. The van der Waals surface area contributed by atoms with Crippen LogP contribution in [0.1, 0.15) is 11.6 Å². The normalized spacial score (nSPS) is 23.6. The molecule has 0 bridgehead atoms. The SMILES string of the molecule is CN1CCNCC1C(N)c1ccc(F)c(Cl)c1. The fourth-order valence-electron chi connectivity index (χ4n) is 2.17. The van der Waals surface area contributed by atoms with Crippen molar-refractivity contribution in [3.05, 3.63) is 34.6 Å². The van der Waals surface area contributed by atoms with Gasteiger partial charge in [0.1, 0.15) is 5.82 Å². The standard InChI is InChI=1S/C12H17ClFN3/c1-17-5-4-16-7-11(17)12(15)8-2-3-10(14)9(13)6-8/h2-3,6,11-12,16H,4-5,7,15H2,1H3.